The Bertz CT molecular complexity index is 77.5. The molecule has 3 heteroatoms. The van der Waals surface area contributed by atoms with Crippen LogP contribution in [0.3, 0.4) is 0 Å². The minimum Gasteiger partial charge on any atom is -0.407 e. The third-order valence-electron chi connectivity index (χ3n) is 1.34. The zero-order valence-corrected chi connectivity index (χ0v) is 8.42. The molecule has 0 aromatic carbocycles. The average molecular weight is 204 g/mol. The van der Waals surface area contributed by atoms with Crippen LogP contribution >= 0.6 is 0 Å². The SMILES string of the molecule is C[C@@H]1[CH-]C[C@H](CO)O1.[Y]. The summed E-state index contributed by atoms with van der Waals surface area (Å²) in [7, 11) is 0. The molecule has 1 rings (SSSR count). The van der Waals surface area contributed by atoms with Crippen LogP contribution in [-0.4, -0.2) is 23.9 Å². The Labute approximate surface area is 80.8 Å². The minimum atomic E-state index is 0. The molecule has 51 valence electrons. The summed E-state index contributed by atoms with van der Waals surface area (Å²) in [6.07, 6.45) is 3.29. The van der Waals surface area contributed by atoms with Gasteiger partial charge < -0.3 is 9.84 Å². The molecule has 0 bridgehead atoms. The Morgan fingerprint density at radius 2 is 2.44 bits per heavy atom. The molecule has 1 fully saturated rings. The number of ether oxygens (including phenoxy) is 1. The van der Waals surface area contributed by atoms with Gasteiger partial charge >= 0.3 is 0 Å². The molecular formula is C6H11O2Y-. The van der Waals surface area contributed by atoms with Gasteiger partial charge in [0, 0.05) is 32.7 Å². The van der Waals surface area contributed by atoms with Gasteiger partial charge in [0.2, 0.25) is 0 Å². The quantitative estimate of drug-likeness (QED) is 0.625. The summed E-state index contributed by atoms with van der Waals surface area (Å²) >= 11 is 0. The summed E-state index contributed by atoms with van der Waals surface area (Å²) in [5, 5.41) is 8.54. The van der Waals surface area contributed by atoms with Gasteiger partial charge in [-0.15, -0.1) is 6.42 Å². The van der Waals surface area contributed by atoms with E-state index in [9.17, 15) is 0 Å². The first-order valence-corrected chi connectivity index (χ1v) is 2.92. The van der Waals surface area contributed by atoms with Crippen molar-refractivity contribution in [2.24, 2.45) is 0 Å². The fourth-order valence-corrected chi connectivity index (χ4v) is 0.876. The van der Waals surface area contributed by atoms with Crippen LogP contribution in [-0.2, 0) is 37.4 Å². The normalized spacial score (nSPS) is 34.0. The second-order valence-corrected chi connectivity index (χ2v) is 2.12. The van der Waals surface area contributed by atoms with E-state index in [0.29, 0.717) is 0 Å². The molecule has 0 aliphatic carbocycles. The van der Waals surface area contributed by atoms with Crippen LogP contribution < -0.4 is 0 Å². The summed E-state index contributed by atoms with van der Waals surface area (Å²) in [5.74, 6) is 0. The maximum atomic E-state index is 8.54. The Kier molecular flexibility index (Phi) is 5.32. The third-order valence-corrected chi connectivity index (χ3v) is 1.34. The molecule has 0 aromatic heterocycles. The molecular weight excluding hydrogens is 193 g/mol. The summed E-state index contributed by atoms with van der Waals surface area (Å²) in [4.78, 5) is 0. The zero-order valence-electron chi connectivity index (χ0n) is 5.58. The Balaban J connectivity index is 0.000000640. The van der Waals surface area contributed by atoms with Gasteiger partial charge in [0.15, 0.2) is 0 Å². The smallest absolute Gasteiger partial charge is 0.0667 e. The van der Waals surface area contributed by atoms with Crippen molar-refractivity contribution < 1.29 is 42.6 Å². The average Bonchev–Trinajstić information content (AvgIpc) is 2.14. The number of hydrogen-bond acceptors (Lipinski definition) is 2. The van der Waals surface area contributed by atoms with Crippen molar-refractivity contribution in [2.45, 2.75) is 25.6 Å². The maximum Gasteiger partial charge on any atom is 0.0667 e. The molecule has 0 aromatic rings. The van der Waals surface area contributed by atoms with Gasteiger partial charge in [0.1, 0.15) is 0 Å². The fourth-order valence-electron chi connectivity index (χ4n) is 0.876. The van der Waals surface area contributed by atoms with E-state index in [4.69, 9.17) is 9.84 Å². The second kappa shape index (κ2) is 4.78. The maximum absolute atomic E-state index is 8.54. The van der Waals surface area contributed by atoms with Crippen LogP contribution in [0.25, 0.3) is 0 Å². The van der Waals surface area contributed by atoms with E-state index in [1.165, 1.54) is 0 Å². The van der Waals surface area contributed by atoms with Crippen LogP contribution in [0.15, 0.2) is 0 Å². The predicted octanol–water partition coefficient (Wildman–Crippen LogP) is 0.358. The van der Waals surface area contributed by atoms with Crippen molar-refractivity contribution in [1.82, 2.24) is 0 Å². The van der Waals surface area contributed by atoms with E-state index in [1.54, 1.807) is 0 Å². The molecule has 0 saturated carbocycles. The molecule has 2 nitrogen and oxygen atoms in total. The van der Waals surface area contributed by atoms with Crippen molar-refractivity contribution in [2.75, 3.05) is 6.61 Å². The standard InChI is InChI=1S/C6H11O2.Y/c1-5-2-3-6(4-7)8-5;/h2,5-7H,3-4H2,1H3;/q-1;/t5-,6-;/m1./s1. The predicted molar refractivity (Wildman–Crippen MR) is 30.3 cm³/mol. The van der Waals surface area contributed by atoms with Crippen LogP contribution in [0.4, 0.5) is 0 Å². The van der Waals surface area contributed by atoms with Crippen molar-refractivity contribution in [1.29, 1.82) is 0 Å². The van der Waals surface area contributed by atoms with Crippen molar-refractivity contribution in [3.63, 3.8) is 0 Å². The van der Waals surface area contributed by atoms with Crippen LogP contribution in [0.5, 0.6) is 0 Å². The van der Waals surface area contributed by atoms with Crippen LogP contribution in [0.2, 0.25) is 0 Å². The number of hydrogen-bond donors (Lipinski definition) is 1. The molecule has 1 radical (unpaired) electrons. The molecule has 2 atom stereocenters. The summed E-state index contributed by atoms with van der Waals surface area (Å²) < 4.78 is 5.20. The summed E-state index contributed by atoms with van der Waals surface area (Å²) in [5.41, 5.74) is 0. The van der Waals surface area contributed by atoms with Gasteiger partial charge in [0.05, 0.1) is 12.7 Å². The monoisotopic (exact) mass is 204 g/mol. The van der Waals surface area contributed by atoms with Crippen LogP contribution in [0, 0.1) is 6.42 Å². The number of aliphatic hydroxyl groups is 1. The van der Waals surface area contributed by atoms with Gasteiger partial charge in [-0.1, -0.05) is 13.0 Å². The number of aliphatic hydroxyl groups excluding tert-OH is 1. The molecule has 1 aliphatic heterocycles. The third kappa shape index (κ3) is 3.08. The van der Waals surface area contributed by atoms with Crippen LogP contribution in [0.1, 0.15) is 13.3 Å². The first kappa shape index (κ1) is 10.0. The van der Waals surface area contributed by atoms with Crippen molar-refractivity contribution in [3.05, 3.63) is 6.42 Å². The van der Waals surface area contributed by atoms with Gasteiger partial charge in [-0.3, -0.25) is 6.42 Å². The molecule has 1 saturated heterocycles. The molecule has 0 spiro atoms. The van der Waals surface area contributed by atoms with Crippen molar-refractivity contribution in [3.8, 4) is 0 Å². The molecule has 1 aliphatic rings. The summed E-state index contributed by atoms with van der Waals surface area (Å²) in [6.45, 7) is 2.14. The summed E-state index contributed by atoms with van der Waals surface area (Å²) in [6, 6.07) is 0. The minimum absolute atomic E-state index is 0. The van der Waals surface area contributed by atoms with E-state index >= 15 is 0 Å². The topological polar surface area (TPSA) is 29.5 Å². The molecule has 9 heavy (non-hydrogen) atoms. The molecule has 0 unspecified atom stereocenters. The first-order valence-electron chi connectivity index (χ1n) is 2.92. The van der Waals surface area contributed by atoms with Gasteiger partial charge in [-0.25, -0.2) is 0 Å². The van der Waals surface area contributed by atoms with E-state index in [1.807, 2.05) is 6.92 Å². The fraction of sp³-hybridized carbons (Fsp3) is 0.833. The van der Waals surface area contributed by atoms with E-state index in [2.05, 4.69) is 6.42 Å². The Morgan fingerprint density at radius 1 is 1.78 bits per heavy atom. The van der Waals surface area contributed by atoms with E-state index in [0.717, 1.165) is 6.42 Å². The Morgan fingerprint density at radius 3 is 2.67 bits per heavy atom. The van der Waals surface area contributed by atoms with Gasteiger partial charge in [-0.2, -0.15) is 0 Å². The zero-order chi connectivity index (χ0) is 5.98. The first-order chi connectivity index (χ1) is 3.83. The largest absolute Gasteiger partial charge is 0.407 e. The van der Waals surface area contributed by atoms with Gasteiger partial charge in [-0.05, 0) is 0 Å². The van der Waals surface area contributed by atoms with E-state index in [-0.39, 0.29) is 51.5 Å². The van der Waals surface area contributed by atoms with Gasteiger partial charge in [0.25, 0.3) is 0 Å². The molecule has 0 amide bonds. The number of rotatable bonds is 1. The second-order valence-electron chi connectivity index (χ2n) is 2.12. The Hall–Kier alpha value is 1.02. The van der Waals surface area contributed by atoms with E-state index < -0.39 is 0 Å². The molecule has 1 N–H and O–H groups in total. The molecule has 1 heterocycles. The van der Waals surface area contributed by atoms with Crippen molar-refractivity contribution >= 4 is 0 Å².